The Morgan fingerprint density at radius 1 is 0.667 bits per heavy atom. The van der Waals surface area contributed by atoms with Gasteiger partial charge in [0.25, 0.3) is 0 Å². The minimum absolute atomic E-state index is 0.312. The van der Waals surface area contributed by atoms with Gasteiger partial charge in [-0.2, -0.15) is 4.99 Å². The summed E-state index contributed by atoms with van der Waals surface area (Å²) in [5.41, 5.74) is 0.204. The predicted molar refractivity (Wildman–Crippen MR) is 175 cm³/mol. The van der Waals surface area contributed by atoms with Crippen LogP contribution < -0.4 is 5.32 Å². The maximum Gasteiger partial charge on any atom is 0.434 e. The van der Waals surface area contributed by atoms with Gasteiger partial charge in [-0.25, -0.2) is 9.59 Å². The molecule has 264 valence electrons. The fourth-order valence-corrected chi connectivity index (χ4v) is 3.29. The van der Waals surface area contributed by atoms with E-state index in [9.17, 15) is 28.8 Å². The average molecular weight is 675 g/mol. The molecule has 0 heterocycles. The molecule has 0 aliphatic carbocycles. The van der Waals surface area contributed by atoms with Gasteiger partial charge in [-0.1, -0.05) is 60.7 Å². The number of nitrogens with zero attached hydrogens (tertiary/aromatic N) is 1. The van der Waals surface area contributed by atoms with Gasteiger partial charge in [0.1, 0.15) is 17.6 Å². The maximum absolute atomic E-state index is 12.1. The zero-order valence-electron chi connectivity index (χ0n) is 29.1. The number of methoxy groups -OCH3 is 4. The molecule has 2 aromatic rings. The van der Waals surface area contributed by atoms with Crippen molar-refractivity contribution in [2.45, 2.75) is 65.2 Å². The number of carbonyl (C=O) groups is 6. The van der Waals surface area contributed by atoms with Gasteiger partial charge in [0.15, 0.2) is 5.92 Å². The van der Waals surface area contributed by atoms with Crippen molar-refractivity contribution in [1.29, 1.82) is 0 Å². The first-order valence-corrected chi connectivity index (χ1v) is 14.5. The van der Waals surface area contributed by atoms with E-state index < -0.39 is 59.2 Å². The Hall–Kier alpha value is -5.27. The Balaban J connectivity index is 0.000000780. The van der Waals surface area contributed by atoms with E-state index in [4.69, 9.17) is 9.47 Å². The summed E-state index contributed by atoms with van der Waals surface area (Å²) >= 11 is 0. The van der Waals surface area contributed by atoms with Crippen LogP contribution in [0.5, 0.6) is 0 Å². The molecule has 14 heteroatoms. The van der Waals surface area contributed by atoms with E-state index >= 15 is 0 Å². The summed E-state index contributed by atoms with van der Waals surface area (Å²) in [6.07, 6.45) is -0.137. The Bertz CT molecular complexity index is 1320. The highest BCUT2D eigenvalue weighted by atomic mass is 16.6. The first kappa shape index (κ1) is 42.7. The largest absolute Gasteiger partial charge is 0.469 e. The van der Waals surface area contributed by atoms with E-state index in [1.165, 1.54) is 20.4 Å². The molecule has 0 bridgehead atoms. The zero-order chi connectivity index (χ0) is 36.9. The summed E-state index contributed by atoms with van der Waals surface area (Å²) in [4.78, 5) is 71.7. The van der Waals surface area contributed by atoms with E-state index in [1.807, 2.05) is 51.1 Å². The minimum atomic E-state index is -1.35. The number of aliphatic imine (C=N–C) groups is 1. The van der Waals surface area contributed by atoms with E-state index in [-0.39, 0.29) is 6.42 Å². The van der Waals surface area contributed by atoms with Crippen LogP contribution in [0.15, 0.2) is 65.7 Å². The highest BCUT2D eigenvalue weighted by Crippen LogP contribution is 2.25. The van der Waals surface area contributed by atoms with Crippen molar-refractivity contribution in [1.82, 2.24) is 5.32 Å². The first-order valence-electron chi connectivity index (χ1n) is 14.5. The van der Waals surface area contributed by atoms with Crippen LogP contribution in [0.2, 0.25) is 0 Å². The van der Waals surface area contributed by atoms with Gasteiger partial charge >= 0.3 is 36.1 Å². The highest BCUT2D eigenvalue weighted by Gasteiger charge is 2.39. The SMILES string of the molecule is CC(C)(C)OC(=O)N=Cc1ccccc1.COC(=O)C(C(=O)OC)C(NC(=O)OC(C)(C)C)c1ccccc1.COC(=O)CC(=O)OC. The second-order valence-electron chi connectivity index (χ2n) is 11.5. The normalized spacial score (nSPS) is 11.3. The van der Waals surface area contributed by atoms with Crippen LogP contribution in [0, 0.1) is 5.92 Å². The van der Waals surface area contributed by atoms with Gasteiger partial charge in [-0.15, -0.1) is 0 Å². The van der Waals surface area contributed by atoms with Crippen LogP contribution in [0.4, 0.5) is 9.59 Å². The number of ether oxygens (including phenoxy) is 6. The number of rotatable bonds is 8. The van der Waals surface area contributed by atoms with Gasteiger partial charge in [0, 0.05) is 6.21 Å². The summed E-state index contributed by atoms with van der Waals surface area (Å²) in [5, 5.41) is 2.56. The second kappa shape index (κ2) is 21.5. The number of alkyl carbamates (subject to hydrolysis) is 1. The standard InChI is InChI=1S/C17H23NO6.C12H15NO2.C5H8O4/c1-17(2,3)24-16(21)18-13(11-9-7-6-8-10-11)12(14(19)22-4)15(20)23-5;1-12(2,3)15-11(14)13-9-10-7-5-4-6-8-10;1-8-4(6)3-5(7)9-2/h6-10,12-13H,1-5H3,(H,18,21);4-9H,1-3H3;3H2,1-2H3. The lowest BCUT2D eigenvalue weighted by Crippen LogP contribution is -2.43. The van der Waals surface area contributed by atoms with Crippen LogP contribution in [-0.4, -0.2) is 81.9 Å². The highest BCUT2D eigenvalue weighted by molar-refractivity contribution is 5.96. The predicted octanol–water partition coefficient (Wildman–Crippen LogP) is 4.98. The number of esters is 4. The number of amides is 2. The van der Waals surface area contributed by atoms with Crippen molar-refractivity contribution in [3.05, 3.63) is 71.8 Å². The van der Waals surface area contributed by atoms with Crippen molar-refractivity contribution in [3.63, 3.8) is 0 Å². The molecule has 2 rings (SSSR count). The van der Waals surface area contributed by atoms with E-state index in [2.05, 4.69) is 29.3 Å². The lowest BCUT2D eigenvalue weighted by molar-refractivity contribution is -0.160. The molecule has 1 atom stereocenters. The number of hydrogen-bond acceptors (Lipinski definition) is 12. The third kappa shape index (κ3) is 19.3. The van der Waals surface area contributed by atoms with Crippen molar-refractivity contribution in [3.8, 4) is 0 Å². The van der Waals surface area contributed by atoms with E-state index in [1.54, 1.807) is 51.1 Å². The monoisotopic (exact) mass is 674 g/mol. The van der Waals surface area contributed by atoms with Crippen molar-refractivity contribution in [2.24, 2.45) is 10.9 Å². The summed E-state index contributed by atoms with van der Waals surface area (Å²) in [5.74, 6) is -4.14. The lowest BCUT2D eigenvalue weighted by Gasteiger charge is -2.27. The molecule has 1 unspecified atom stereocenters. The lowest BCUT2D eigenvalue weighted by atomic mass is 9.93. The molecule has 1 N–H and O–H groups in total. The molecule has 14 nitrogen and oxygen atoms in total. The fourth-order valence-electron chi connectivity index (χ4n) is 3.29. The molecule has 0 spiro atoms. The van der Waals surface area contributed by atoms with Gasteiger partial charge < -0.3 is 33.7 Å². The third-order valence-corrected chi connectivity index (χ3v) is 5.33. The summed E-state index contributed by atoms with van der Waals surface area (Å²) in [6.45, 7) is 10.6. The topological polar surface area (TPSA) is 182 Å². The first-order chi connectivity index (χ1) is 22.4. The van der Waals surface area contributed by atoms with Gasteiger partial charge in [0.05, 0.1) is 34.5 Å². The molecule has 0 saturated carbocycles. The average Bonchev–Trinajstić information content (AvgIpc) is 3.02. The Kier molecular flexibility index (Phi) is 19.1. The van der Waals surface area contributed by atoms with Crippen LogP contribution in [0.1, 0.15) is 65.1 Å². The minimum Gasteiger partial charge on any atom is -0.469 e. The summed E-state index contributed by atoms with van der Waals surface area (Å²) < 4.78 is 28.0. The Morgan fingerprint density at radius 2 is 1.10 bits per heavy atom. The van der Waals surface area contributed by atoms with Gasteiger partial charge in [-0.05, 0) is 52.7 Å². The van der Waals surface area contributed by atoms with Crippen molar-refractivity contribution in [2.75, 3.05) is 28.4 Å². The van der Waals surface area contributed by atoms with Crippen molar-refractivity contribution >= 4 is 42.3 Å². The molecule has 2 aromatic carbocycles. The molecular weight excluding hydrogens is 628 g/mol. The van der Waals surface area contributed by atoms with Gasteiger partial charge in [-0.3, -0.25) is 19.2 Å². The number of benzene rings is 2. The Morgan fingerprint density at radius 3 is 1.50 bits per heavy atom. The van der Waals surface area contributed by atoms with E-state index in [0.29, 0.717) is 5.56 Å². The molecule has 0 aliphatic rings. The summed E-state index contributed by atoms with van der Waals surface area (Å²) in [7, 11) is 4.75. The molecule has 0 aromatic heterocycles. The molecule has 48 heavy (non-hydrogen) atoms. The van der Waals surface area contributed by atoms with Gasteiger partial charge in [0.2, 0.25) is 0 Å². The number of nitrogens with one attached hydrogen (secondary N) is 1. The third-order valence-electron chi connectivity index (χ3n) is 5.33. The Labute approximate surface area is 281 Å². The molecule has 2 amide bonds. The molecule has 0 radical (unpaired) electrons. The quantitative estimate of drug-likeness (QED) is 0.172. The van der Waals surface area contributed by atoms with Crippen LogP contribution in [0.3, 0.4) is 0 Å². The molecule has 0 saturated heterocycles. The number of carbonyl (C=O) groups excluding carboxylic acids is 6. The maximum atomic E-state index is 12.1. The van der Waals surface area contributed by atoms with Crippen LogP contribution >= 0.6 is 0 Å². The van der Waals surface area contributed by atoms with Crippen LogP contribution in [-0.2, 0) is 47.6 Å². The fraction of sp³-hybridized carbons (Fsp3) is 0.441. The second-order valence-corrected chi connectivity index (χ2v) is 11.5. The van der Waals surface area contributed by atoms with E-state index in [0.717, 1.165) is 19.8 Å². The molecule has 0 fully saturated rings. The molecular formula is C34H46N2O12. The zero-order valence-corrected chi connectivity index (χ0v) is 29.1. The smallest absolute Gasteiger partial charge is 0.434 e. The summed E-state index contributed by atoms with van der Waals surface area (Å²) in [6, 6.07) is 17.0. The number of hydrogen-bond donors (Lipinski definition) is 1. The van der Waals surface area contributed by atoms with Crippen LogP contribution in [0.25, 0.3) is 0 Å². The molecule has 0 aliphatic heterocycles. The van der Waals surface area contributed by atoms with Crippen molar-refractivity contribution < 1.29 is 57.2 Å².